The van der Waals surface area contributed by atoms with Crippen molar-refractivity contribution < 1.29 is 4.74 Å². The smallest absolute Gasteiger partial charge is 0.273 e. The standard InChI is InChI=1S/C11H12ClN2O/c12-10-3-1-2-9(4-10)5-13-6-11-7-15-8-14-11/h1-4,11,13H,5-7H2. The molecular formula is C11H12ClN2O. The largest absolute Gasteiger partial charge is 0.472 e. The van der Waals surface area contributed by atoms with E-state index in [4.69, 9.17) is 16.3 Å². The second kappa shape index (κ2) is 5.14. The van der Waals surface area contributed by atoms with Crippen LogP contribution in [-0.2, 0) is 11.3 Å². The van der Waals surface area contributed by atoms with Crippen LogP contribution in [0.15, 0.2) is 29.3 Å². The maximum absolute atomic E-state index is 5.87. The van der Waals surface area contributed by atoms with E-state index < -0.39 is 0 Å². The number of nitrogens with one attached hydrogen (secondary N) is 1. The Labute approximate surface area is 94.1 Å². The molecule has 3 nitrogen and oxygen atoms in total. The third-order valence-corrected chi connectivity index (χ3v) is 2.41. The lowest BCUT2D eigenvalue weighted by atomic mass is 10.2. The number of hydrogen-bond acceptors (Lipinski definition) is 3. The average Bonchev–Trinajstić information content (AvgIpc) is 2.71. The van der Waals surface area contributed by atoms with E-state index in [0.717, 1.165) is 18.1 Å². The van der Waals surface area contributed by atoms with E-state index in [2.05, 4.69) is 16.7 Å². The van der Waals surface area contributed by atoms with E-state index in [1.54, 1.807) is 0 Å². The first-order chi connectivity index (χ1) is 7.34. The second-order valence-corrected chi connectivity index (χ2v) is 3.88. The van der Waals surface area contributed by atoms with Crippen LogP contribution in [0.25, 0.3) is 0 Å². The van der Waals surface area contributed by atoms with E-state index in [1.807, 2.05) is 24.3 Å². The van der Waals surface area contributed by atoms with Crippen LogP contribution in [0.1, 0.15) is 5.56 Å². The maximum atomic E-state index is 5.87. The fraction of sp³-hybridized carbons (Fsp3) is 0.364. The van der Waals surface area contributed by atoms with Crippen LogP contribution >= 0.6 is 11.6 Å². The van der Waals surface area contributed by atoms with Gasteiger partial charge in [-0.15, -0.1) is 0 Å². The van der Waals surface area contributed by atoms with Gasteiger partial charge in [-0.1, -0.05) is 23.7 Å². The molecule has 1 N–H and O–H groups in total. The molecule has 2 rings (SSSR count). The van der Waals surface area contributed by atoms with Crippen molar-refractivity contribution in [3.8, 4) is 0 Å². The van der Waals surface area contributed by atoms with E-state index in [9.17, 15) is 0 Å². The fourth-order valence-electron chi connectivity index (χ4n) is 1.42. The molecule has 0 fully saturated rings. The molecule has 0 saturated heterocycles. The molecule has 1 aromatic carbocycles. The molecule has 1 heterocycles. The minimum Gasteiger partial charge on any atom is -0.472 e. The molecule has 0 amide bonds. The van der Waals surface area contributed by atoms with Crippen LogP contribution < -0.4 is 5.32 Å². The van der Waals surface area contributed by atoms with Crippen LogP contribution in [0.4, 0.5) is 0 Å². The zero-order valence-corrected chi connectivity index (χ0v) is 9.00. The predicted molar refractivity (Wildman–Crippen MR) is 60.3 cm³/mol. The normalized spacial score (nSPS) is 19.1. The lowest BCUT2D eigenvalue weighted by molar-refractivity contribution is 0.323. The van der Waals surface area contributed by atoms with Crippen molar-refractivity contribution in [3.63, 3.8) is 0 Å². The molecule has 1 aromatic rings. The number of halogens is 1. The zero-order valence-electron chi connectivity index (χ0n) is 8.24. The van der Waals surface area contributed by atoms with Gasteiger partial charge in [-0.05, 0) is 17.7 Å². The SMILES string of the molecule is Clc1cccc(CNCC2CO[C]=N2)c1. The van der Waals surface area contributed by atoms with Gasteiger partial charge < -0.3 is 10.1 Å². The number of benzene rings is 1. The average molecular weight is 224 g/mol. The Kier molecular flexibility index (Phi) is 3.59. The van der Waals surface area contributed by atoms with Crippen LogP contribution in [0.5, 0.6) is 0 Å². The Bertz CT molecular complexity index is 354. The van der Waals surface area contributed by atoms with Crippen LogP contribution in [0.3, 0.4) is 0 Å². The first-order valence-corrected chi connectivity index (χ1v) is 5.24. The molecule has 79 valence electrons. The van der Waals surface area contributed by atoms with E-state index in [-0.39, 0.29) is 6.04 Å². The molecule has 0 aliphatic carbocycles. The van der Waals surface area contributed by atoms with Crippen LogP contribution in [-0.4, -0.2) is 25.6 Å². The van der Waals surface area contributed by atoms with Crippen LogP contribution in [0, 0.1) is 0 Å². The number of nitrogens with zero attached hydrogens (tertiary/aromatic N) is 1. The predicted octanol–water partition coefficient (Wildman–Crippen LogP) is 1.73. The first-order valence-electron chi connectivity index (χ1n) is 4.86. The summed E-state index contributed by atoms with van der Waals surface area (Å²) in [5, 5.41) is 4.07. The summed E-state index contributed by atoms with van der Waals surface area (Å²) in [6.07, 6.45) is 2.49. The minimum absolute atomic E-state index is 0.198. The highest BCUT2D eigenvalue weighted by atomic mass is 35.5. The molecule has 1 unspecified atom stereocenters. The molecule has 1 aliphatic rings. The summed E-state index contributed by atoms with van der Waals surface area (Å²) in [6.45, 7) is 2.23. The minimum atomic E-state index is 0.198. The molecule has 0 saturated carbocycles. The lowest BCUT2D eigenvalue weighted by Gasteiger charge is -2.07. The summed E-state index contributed by atoms with van der Waals surface area (Å²) in [5.74, 6) is 0. The molecule has 4 heteroatoms. The van der Waals surface area contributed by atoms with E-state index >= 15 is 0 Å². The number of hydrogen-bond donors (Lipinski definition) is 1. The molecule has 0 spiro atoms. The molecule has 1 radical (unpaired) electrons. The highest BCUT2D eigenvalue weighted by molar-refractivity contribution is 6.30. The highest BCUT2D eigenvalue weighted by Gasteiger charge is 2.11. The monoisotopic (exact) mass is 223 g/mol. The summed E-state index contributed by atoms with van der Waals surface area (Å²) in [7, 11) is 0. The third-order valence-electron chi connectivity index (χ3n) is 2.17. The molecule has 15 heavy (non-hydrogen) atoms. The van der Waals surface area contributed by atoms with Gasteiger partial charge in [0.2, 0.25) is 0 Å². The first kappa shape index (κ1) is 10.5. The number of aliphatic imine (C=N–C) groups is 1. The van der Waals surface area contributed by atoms with E-state index in [0.29, 0.717) is 6.61 Å². The van der Waals surface area contributed by atoms with Gasteiger partial charge in [-0.3, -0.25) is 0 Å². The van der Waals surface area contributed by atoms with Gasteiger partial charge in [0.25, 0.3) is 6.40 Å². The molecule has 1 atom stereocenters. The quantitative estimate of drug-likeness (QED) is 0.844. The molecular weight excluding hydrogens is 212 g/mol. The highest BCUT2D eigenvalue weighted by Crippen LogP contribution is 2.10. The number of rotatable bonds is 4. The van der Waals surface area contributed by atoms with Gasteiger partial charge in [-0.2, -0.15) is 0 Å². The Balaban J connectivity index is 1.75. The molecule has 0 bridgehead atoms. The maximum Gasteiger partial charge on any atom is 0.273 e. The summed E-state index contributed by atoms with van der Waals surface area (Å²) in [4.78, 5) is 4.02. The Morgan fingerprint density at radius 3 is 3.27 bits per heavy atom. The van der Waals surface area contributed by atoms with E-state index in [1.165, 1.54) is 5.56 Å². The third kappa shape index (κ3) is 3.22. The van der Waals surface area contributed by atoms with Crippen LogP contribution in [0.2, 0.25) is 5.02 Å². The fourth-order valence-corrected chi connectivity index (χ4v) is 1.63. The van der Waals surface area contributed by atoms with Crippen molar-refractivity contribution >= 4 is 18.0 Å². The van der Waals surface area contributed by atoms with Gasteiger partial charge in [0, 0.05) is 18.1 Å². The Hall–Kier alpha value is -1.06. The second-order valence-electron chi connectivity index (χ2n) is 3.45. The van der Waals surface area contributed by atoms with Gasteiger partial charge in [0.1, 0.15) is 12.6 Å². The van der Waals surface area contributed by atoms with Gasteiger partial charge in [0.15, 0.2) is 0 Å². The van der Waals surface area contributed by atoms with Gasteiger partial charge in [-0.25, -0.2) is 4.99 Å². The summed E-state index contributed by atoms with van der Waals surface area (Å²) in [6, 6.07) is 8.01. The summed E-state index contributed by atoms with van der Waals surface area (Å²) < 4.78 is 4.90. The Morgan fingerprint density at radius 1 is 1.60 bits per heavy atom. The van der Waals surface area contributed by atoms with Crippen molar-refractivity contribution in [2.24, 2.45) is 4.99 Å². The van der Waals surface area contributed by atoms with Crippen molar-refractivity contribution in [1.82, 2.24) is 5.32 Å². The van der Waals surface area contributed by atoms with Gasteiger partial charge in [0.05, 0.1) is 0 Å². The topological polar surface area (TPSA) is 33.6 Å². The number of ether oxygens (including phenoxy) is 1. The van der Waals surface area contributed by atoms with Crippen molar-refractivity contribution in [2.45, 2.75) is 12.6 Å². The van der Waals surface area contributed by atoms with Crippen molar-refractivity contribution in [3.05, 3.63) is 34.9 Å². The van der Waals surface area contributed by atoms with Crippen molar-refractivity contribution in [1.29, 1.82) is 0 Å². The lowest BCUT2D eigenvalue weighted by Crippen LogP contribution is -2.26. The molecule has 0 aromatic heterocycles. The molecule has 1 aliphatic heterocycles. The summed E-state index contributed by atoms with van der Waals surface area (Å²) >= 11 is 5.87. The Morgan fingerprint density at radius 2 is 2.53 bits per heavy atom. The zero-order chi connectivity index (χ0) is 10.5. The van der Waals surface area contributed by atoms with Gasteiger partial charge >= 0.3 is 0 Å². The summed E-state index contributed by atoms with van der Waals surface area (Å²) in [5.41, 5.74) is 1.18. The van der Waals surface area contributed by atoms with Crippen molar-refractivity contribution in [2.75, 3.05) is 13.2 Å².